The molecule has 5 aliphatic rings. The molecular weight excluding hydrogens is 629 g/mol. The summed E-state index contributed by atoms with van der Waals surface area (Å²) in [5.41, 5.74) is 2.16. The fraction of sp³-hybridized carbons (Fsp3) is 0.533. The van der Waals surface area contributed by atoms with Crippen molar-refractivity contribution in [1.29, 1.82) is 0 Å². The molecule has 2 saturated heterocycles. The summed E-state index contributed by atoms with van der Waals surface area (Å²) in [6, 6.07) is 1.69. The van der Waals surface area contributed by atoms with Gasteiger partial charge >= 0.3 is 6.09 Å². The number of amides is 1. The number of piperazine rings is 1. The number of pyridine rings is 1. The minimum Gasteiger partial charge on any atom is -0.469 e. The van der Waals surface area contributed by atoms with E-state index in [4.69, 9.17) is 30.8 Å². The van der Waals surface area contributed by atoms with Crippen molar-refractivity contribution >= 4 is 55.9 Å². The summed E-state index contributed by atoms with van der Waals surface area (Å²) < 4.78 is 34.5. The molecule has 7 rings (SSSR count). The number of carbonyl (C=O) groups excluding carboxylic acids is 1. The largest absolute Gasteiger partial charge is 0.469 e. The van der Waals surface area contributed by atoms with Gasteiger partial charge in [-0.15, -0.1) is 0 Å². The lowest BCUT2D eigenvalue weighted by atomic mass is 9.94. The number of benzene rings is 1. The number of nitrogens with zero attached hydrogens (tertiary/aromatic N) is 5. The van der Waals surface area contributed by atoms with E-state index in [0.717, 1.165) is 42.2 Å². The Balaban J connectivity index is 1.43. The van der Waals surface area contributed by atoms with Crippen molar-refractivity contribution in [3.8, 4) is 5.88 Å². The highest BCUT2D eigenvalue weighted by Gasteiger charge is 2.49. The lowest BCUT2D eigenvalue weighted by molar-refractivity contribution is 0.0218. The van der Waals surface area contributed by atoms with E-state index in [0.29, 0.717) is 43.9 Å². The van der Waals surface area contributed by atoms with Crippen LogP contribution in [0.15, 0.2) is 34.3 Å². The fourth-order valence-electron chi connectivity index (χ4n) is 6.94. The highest BCUT2D eigenvalue weighted by Crippen LogP contribution is 2.54. The maximum atomic E-state index is 15.8. The van der Waals surface area contributed by atoms with Crippen LogP contribution in [-0.2, 0) is 9.47 Å². The second kappa shape index (κ2) is 10.2. The number of ether oxygens (including phenoxy) is 3. The summed E-state index contributed by atoms with van der Waals surface area (Å²) in [7, 11) is 2.12. The molecule has 1 aromatic heterocycles. The van der Waals surface area contributed by atoms with E-state index in [9.17, 15) is 4.79 Å². The van der Waals surface area contributed by atoms with Gasteiger partial charge in [0.15, 0.2) is 5.82 Å². The molecule has 42 heavy (non-hydrogen) atoms. The van der Waals surface area contributed by atoms with E-state index in [-0.39, 0.29) is 39.3 Å². The third-order valence-electron chi connectivity index (χ3n) is 8.75. The zero-order chi connectivity index (χ0) is 29.5. The zero-order valence-corrected chi connectivity index (χ0v) is 26.5. The molecule has 0 bridgehead atoms. The summed E-state index contributed by atoms with van der Waals surface area (Å²) in [6.07, 6.45) is 5.89. The van der Waals surface area contributed by atoms with Crippen LogP contribution in [0.3, 0.4) is 0 Å². The lowest BCUT2D eigenvalue weighted by Gasteiger charge is -2.53. The molecule has 12 heteroatoms. The first-order chi connectivity index (χ1) is 20.0. The molecule has 0 saturated carbocycles. The Hall–Kier alpha value is -2.76. The number of likely N-dealkylation sites (tertiary alicyclic amines) is 1. The molecular formula is C30H34BrClFN5O4. The van der Waals surface area contributed by atoms with Crippen LogP contribution in [0.4, 0.5) is 20.6 Å². The molecule has 1 amide bonds. The van der Waals surface area contributed by atoms with Crippen LogP contribution in [0.2, 0.25) is 5.02 Å². The van der Waals surface area contributed by atoms with Gasteiger partial charge in [-0.3, -0.25) is 4.90 Å². The molecule has 0 N–H and O–H groups in total. The first kappa shape index (κ1) is 28.0. The average molecular weight is 663 g/mol. The first-order valence-corrected chi connectivity index (χ1v) is 15.6. The van der Waals surface area contributed by atoms with Gasteiger partial charge in [-0.05, 0) is 75.3 Å². The van der Waals surface area contributed by atoms with Crippen LogP contribution >= 0.6 is 27.5 Å². The second-order valence-corrected chi connectivity index (χ2v) is 13.8. The average Bonchev–Trinajstić information content (AvgIpc) is 3.63. The van der Waals surface area contributed by atoms with Crippen molar-refractivity contribution in [2.75, 3.05) is 49.6 Å². The van der Waals surface area contributed by atoms with Gasteiger partial charge in [0.1, 0.15) is 28.7 Å². The number of fused-ring (bicyclic) bond motifs is 4. The van der Waals surface area contributed by atoms with E-state index in [1.54, 1.807) is 17.2 Å². The van der Waals surface area contributed by atoms with Gasteiger partial charge in [-0.1, -0.05) is 11.6 Å². The van der Waals surface area contributed by atoms with E-state index in [1.807, 2.05) is 26.8 Å². The Morgan fingerprint density at radius 3 is 2.71 bits per heavy atom. The Bertz CT molecular complexity index is 1530. The quantitative estimate of drug-likeness (QED) is 0.343. The standard InChI is InChI=1S/C30H34BrClFN5O4/c1-30(2,3)42-29(39)36-10-11-37-19(14-36)26(20-8-6-12-40-20)38-15-21(18-7-5-9-35(18)4)41-28-27(38)25(37)16-13-17(32)22(31)23(33)24(16)34-28/h6,12-13,18-19,21H,5,7-11,14-15H2,1-4H3/t18-,19+,21+/m0/s1. The maximum absolute atomic E-state index is 15.8. The van der Waals surface area contributed by atoms with Crippen LogP contribution in [0.5, 0.6) is 5.88 Å². The molecule has 6 heterocycles. The van der Waals surface area contributed by atoms with Gasteiger partial charge in [-0.2, -0.15) is 0 Å². The van der Waals surface area contributed by atoms with Crippen molar-refractivity contribution < 1.29 is 23.4 Å². The third-order valence-corrected chi connectivity index (χ3v) is 10.1. The molecule has 224 valence electrons. The Kier molecular flexibility index (Phi) is 6.78. The van der Waals surface area contributed by atoms with Crippen LogP contribution in [-0.4, -0.2) is 84.4 Å². The van der Waals surface area contributed by atoms with Crippen molar-refractivity contribution in [2.24, 2.45) is 0 Å². The van der Waals surface area contributed by atoms with Crippen LogP contribution in [0.25, 0.3) is 10.9 Å². The maximum Gasteiger partial charge on any atom is 0.410 e. The van der Waals surface area contributed by atoms with Gasteiger partial charge in [0, 0.05) is 30.9 Å². The summed E-state index contributed by atoms with van der Waals surface area (Å²) in [5, 5.41) is 0.873. The number of allylic oxidation sites excluding steroid dienone is 1. The molecule has 0 spiro atoms. The molecule has 3 atom stereocenters. The summed E-state index contributed by atoms with van der Waals surface area (Å²) in [5.74, 6) is 0.704. The number of halogens is 3. The van der Waals surface area contributed by atoms with Crippen molar-refractivity contribution in [1.82, 2.24) is 14.8 Å². The number of rotatable bonds is 1. The number of carbonyl (C=O) groups is 1. The van der Waals surface area contributed by atoms with Crippen molar-refractivity contribution in [3.05, 3.63) is 45.2 Å². The molecule has 1 aromatic carbocycles. The number of hydrogen-bond acceptors (Lipinski definition) is 8. The van der Waals surface area contributed by atoms with Crippen LogP contribution in [0.1, 0.15) is 40.0 Å². The Labute approximate surface area is 257 Å². The van der Waals surface area contributed by atoms with E-state index >= 15 is 4.39 Å². The van der Waals surface area contributed by atoms with Crippen molar-refractivity contribution in [2.45, 2.75) is 63.8 Å². The Morgan fingerprint density at radius 1 is 1.21 bits per heavy atom. The molecule has 2 fully saturated rings. The van der Waals surface area contributed by atoms with Crippen LogP contribution < -0.4 is 14.5 Å². The topological polar surface area (TPSA) is 70.6 Å². The third kappa shape index (κ3) is 4.50. The number of likely N-dealkylation sites (N-methyl/N-ethyl adjacent to an activating group) is 1. The predicted octanol–water partition coefficient (Wildman–Crippen LogP) is 6.04. The summed E-state index contributed by atoms with van der Waals surface area (Å²) >= 11 is 9.83. The molecule has 0 radical (unpaired) electrons. The summed E-state index contributed by atoms with van der Waals surface area (Å²) in [6.45, 7) is 8.50. The van der Waals surface area contributed by atoms with Crippen molar-refractivity contribution in [3.63, 3.8) is 0 Å². The predicted molar refractivity (Wildman–Crippen MR) is 163 cm³/mol. The molecule has 9 nitrogen and oxygen atoms in total. The zero-order valence-electron chi connectivity index (χ0n) is 24.1. The van der Waals surface area contributed by atoms with E-state index < -0.39 is 11.4 Å². The van der Waals surface area contributed by atoms with Gasteiger partial charge in [0.2, 0.25) is 5.88 Å². The number of aromatic nitrogens is 1. The van der Waals surface area contributed by atoms with Crippen LogP contribution in [0, 0.1) is 5.82 Å². The summed E-state index contributed by atoms with van der Waals surface area (Å²) in [4.78, 5) is 26.7. The van der Waals surface area contributed by atoms with Gasteiger partial charge in [-0.25, -0.2) is 14.2 Å². The fourth-order valence-corrected chi connectivity index (χ4v) is 7.44. The molecule has 0 unspecified atom stereocenters. The highest BCUT2D eigenvalue weighted by molar-refractivity contribution is 9.10. The number of hydrogen-bond donors (Lipinski definition) is 0. The molecule has 5 aliphatic heterocycles. The van der Waals surface area contributed by atoms with Gasteiger partial charge < -0.3 is 28.9 Å². The van der Waals surface area contributed by atoms with Gasteiger partial charge in [0.05, 0.1) is 46.3 Å². The SMILES string of the molecule is CN1CCC[C@H]1[C@H]1CN2C(=C3CC=CO3)[C@H]3CN(C(=O)OC(C)(C)C)CCN3c3c2c(nc2c(F)c(Br)c(Cl)cc32)O1. The van der Waals surface area contributed by atoms with Gasteiger partial charge in [0.25, 0.3) is 0 Å². The van der Waals surface area contributed by atoms with E-state index in [1.165, 1.54) is 0 Å². The monoisotopic (exact) mass is 661 g/mol. The highest BCUT2D eigenvalue weighted by atomic mass is 79.9. The molecule has 0 aliphatic carbocycles. The lowest BCUT2D eigenvalue weighted by Crippen LogP contribution is -2.62. The first-order valence-electron chi connectivity index (χ1n) is 14.5. The number of anilines is 2. The normalized spacial score (nSPS) is 27.2. The molecule has 2 aromatic rings. The Morgan fingerprint density at radius 2 is 2.02 bits per heavy atom. The van der Waals surface area contributed by atoms with E-state index in [2.05, 4.69) is 37.7 Å². The smallest absolute Gasteiger partial charge is 0.410 e. The minimum absolute atomic E-state index is 0.173. The minimum atomic E-state index is -0.615. The second-order valence-electron chi connectivity index (χ2n) is 12.6.